The van der Waals surface area contributed by atoms with Gasteiger partial charge in [0.15, 0.2) is 11.9 Å². The van der Waals surface area contributed by atoms with Crippen LogP contribution in [0.25, 0.3) is 0 Å². The van der Waals surface area contributed by atoms with Gasteiger partial charge in [0, 0.05) is 16.8 Å². The Bertz CT molecular complexity index is 759. The van der Waals surface area contributed by atoms with Crippen LogP contribution in [0.15, 0.2) is 30.3 Å². The molecule has 5 heteroatoms. The molecule has 1 N–H and O–H groups in total. The van der Waals surface area contributed by atoms with Crippen LogP contribution in [0, 0.1) is 13.8 Å². The van der Waals surface area contributed by atoms with Crippen LogP contribution >= 0.6 is 0 Å². The number of rotatable bonds is 5. The molecule has 0 aliphatic heterocycles. The Balaban J connectivity index is 2.18. The number of ketones is 2. The first-order chi connectivity index (χ1) is 10.8. The minimum atomic E-state index is -0.909. The van der Waals surface area contributed by atoms with Gasteiger partial charge in [0.2, 0.25) is 5.78 Å². The van der Waals surface area contributed by atoms with E-state index in [4.69, 9.17) is 4.74 Å². The second kappa shape index (κ2) is 6.60. The number of Topliss-reactive ketones (excluding diaryl/α,β-unsaturated/α-hetero) is 2. The normalized spacial score (nSPS) is 11.8. The van der Waals surface area contributed by atoms with Gasteiger partial charge in [-0.1, -0.05) is 30.3 Å². The van der Waals surface area contributed by atoms with E-state index in [1.807, 2.05) is 6.07 Å². The van der Waals surface area contributed by atoms with Crippen molar-refractivity contribution in [2.45, 2.75) is 33.8 Å². The van der Waals surface area contributed by atoms with E-state index in [1.165, 1.54) is 13.8 Å². The molecule has 23 heavy (non-hydrogen) atoms. The molecule has 0 fully saturated rings. The average molecular weight is 313 g/mol. The molecule has 1 aromatic heterocycles. The molecule has 0 spiro atoms. The van der Waals surface area contributed by atoms with E-state index >= 15 is 0 Å². The summed E-state index contributed by atoms with van der Waals surface area (Å²) < 4.78 is 5.25. The Hall–Kier alpha value is -2.69. The standard InChI is InChI=1S/C18H19NO4/c1-10-15(12(3)20)11(2)19-16(10)18(22)23-13(4)17(21)14-8-6-5-7-9-14/h5-9,13,19H,1-4H3/t13-/m1/s1. The van der Waals surface area contributed by atoms with Gasteiger partial charge in [0.05, 0.1) is 0 Å². The van der Waals surface area contributed by atoms with Gasteiger partial charge in [-0.15, -0.1) is 0 Å². The van der Waals surface area contributed by atoms with E-state index in [-0.39, 0.29) is 17.3 Å². The molecule has 0 saturated heterocycles. The molecule has 2 aromatic rings. The molecule has 0 amide bonds. The highest BCUT2D eigenvalue weighted by Crippen LogP contribution is 2.20. The summed E-state index contributed by atoms with van der Waals surface area (Å²) in [7, 11) is 0. The summed E-state index contributed by atoms with van der Waals surface area (Å²) in [6, 6.07) is 8.65. The van der Waals surface area contributed by atoms with Crippen molar-refractivity contribution >= 4 is 17.5 Å². The molecule has 1 aromatic carbocycles. The molecule has 2 rings (SSSR count). The van der Waals surface area contributed by atoms with Crippen LogP contribution in [0.3, 0.4) is 0 Å². The number of esters is 1. The smallest absolute Gasteiger partial charge is 0.355 e. The maximum absolute atomic E-state index is 12.3. The first-order valence-electron chi connectivity index (χ1n) is 7.33. The Kier molecular flexibility index (Phi) is 4.79. The fourth-order valence-corrected chi connectivity index (χ4v) is 2.59. The van der Waals surface area contributed by atoms with Crippen LogP contribution in [-0.4, -0.2) is 28.6 Å². The quantitative estimate of drug-likeness (QED) is 0.679. The van der Waals surface area contributed by atoms with E-state index in [0.717, 1.165) is 0 Å². The van der Waals surface area contributed by atoms with Crippen molar-refractivity contribution in [1.29, 1.82) is 0 Å². The Morgan fingerprint density at radius 2 is 1.70 bits per heavy atom. The Labute approximate surface area is 134 Å². The van der Waals surface area contributed by atoms with Gasteiger partial charge in [0.1, 0.15) is 5.69 Å². The molecule has 120 valence electrons. The first-order valence-corrected chi connectivity index (χ1v) is 7.33. The number of hydrogen-bond donors (Lipinski definition) is 1. The highest BCUT2D eigenvalue weighted by atomic mass is 16.5. The van der Waals surface area contributed by atoms with E-state index in [2.05, 4.69) is 4.98 Å². The van der Waals surface area contributed by atoms with Gasteiger partial charge in [-0.25, -0.2) is 4.79 Å². The number of carbonyl (C=O) groups is 3. The van der Waals surface area contributed by atoms with Crippen LogP contribution in [0.1, 0.15) is 56.3 Å². The van der Waals surface area contributed by atoms with Gasteiger partial charge in [-0.2, -0.15) is 0 Å². The number of nitrogens with one attached hydrogen (secondary N) is 1. The number of aromatic amines is 1. The third kappa shape index (κ3) is 3.39. The zero-order valence-electron chi connectivity index (χ0n) is 13.6. The lowest BCUT2D eigenvalue weighted by Gasteiger charge is -2.12. The van der Waals surface area contributed by atoms with E-state index in [9.17, 15) is 14.4 Å². The van der Waals surface area contributed by atoms with Crippen LogP contribution in [0.2, 0.25) is 0 Å². The van der Waals surface area contributed by atoms with Crippen LogP contribution < -0.4 is 0 Å². The lowest BCUT2D eigenvalue weighted by atomic mass is 10.1. The fourth-order valence-electron chi connectivity index (χ4n) is 2.59. The predicted molar refractivity (Wildman–Crippen MR) is 85.9 cm³/mol. The Morgan fingerprint density at radius 3 is 2.22 bits per heavy atom. The SMILES string of the molecule is CC(=O)c1c(C)[nH]c(C(=O)O[C@H](C)C(=O)c2ccccc2)c1C. The lowest BCUT2D eigenvalue weighted by molar-refractivity contribution is 0.0313. The summed E-state index contributed by atoms with van der Waals surface area (Å²) in [6.45, 7) is 6.38. The third-order valence-corrected chi connectivity index (χ3v) is 3.71. The molecule has 0 aliphatic carbocycles. The van der Waals surface area contributed by atoms with Crippen LogP contribution in [-0.2, 0) is 4.74 Å². The van der Waals surface area contributed by atoms with Gasteiger partial charge < -0.3 is 9.72 Å². The van der Waals surface area contributed by atoms with Crippen molar-refractivity contribution in [2.75, 3.05) is 0 Å². The molecule has 0 unspecified atom stereocenters. The number of aryl methyl sites for hydroxylation is 1. The number of aromatic nitrogens is 1. The minimum Gasteiger partial charge on any atom is -0.450 e. The summed E-state index contributed by atoms with van der Waals surface area (Å²) in [5.41, 5.74) is 2.33. The van der Waals surface area contributed by atoms with Crippen molar-refractivity contribution in [3.63, 3.8) is 0 Å². The maximum atomic E-state index is 12.3. The van der Waals surface area contributed by atoms with Gasteiger partial charge >= 0.3 is 5.97 Å². The van der Waals surface area contributed by atoms with E-state index in [1.54, 1.807) is 38.1 Å². The lowest BCUT2D eigenvalue weighted by Crippen LogP contribution is -2.25. The summed E-state index contributed by atoms with van der Waals surface area (Å²) >= 11 is 0. The van der Waals surface area contributed by atoms with Crippen molar-refractivity contribution < 1.29 is 19.1 Å². The molecule has 1 atom stereocenters. The van der Waals surface area contributed by atoms with Gasteiger partial charge in [-0.3, -0.25) is 9.59 Å². The summed E-state index contributed by atoms with van der Waals surface area (Å²) in [6.07, 6.45) is -0.909. The van der Waals surface area contributed by atoms with E-state index in [0.29, 0.717) is 22.4 Å². The molecule has 0 bridgehead atoms. The number of benzene rings is 1. The van der Waals surface area contributed by atoms with Crippen molar-refractivity contribution in [1.82, 2.24) is 4.98 Å². The second-order valence-electron chi connectivity index (χ2n) is 5.46. The van der Waals surface area contributed by atoms with Gasteiger partial charge in [0.25, 0.3) is 0 Å². The number of carbonyl (C=O) groups excluding carboxylic acids is 3. The highest BCUT2D eigenvalue weighted by Gasteiger charge is 2.25. The molecular formula is C18H19NO4. The average Bonchev–Trinajstić information content (AvgIpc) is 2.82. The molecule has 5 nitrogen and oxygen atoms in total. The zero-order chi connectivity index (χ0) is 17.1. The third-order valence-electron chi connectivity index (χ3n) is 3.71. The summed E-state index contributed by atoms with van der Waals surface area (Å²) in [4.78, 5) is 39.0. The van der Waals surface area contributed by atoms with Crippen LogP contribution in [0.4, 0.5) is 0 Å². The fraction of sp³-hybridized carbons (Fsp3) is 0.278. The molecular weight excluding hydrogens is 294 g/mol. The maximum Gasteiger partial charge on any atom is 0.355 e. The number of H-pyrrole nitrogens is 1. The van der Waals surface area contributed by atoms with Crippen molar-refractivity contribution in [2.24, 2.45) is 0 Å². The first kappa shape index (κ1) is 16.7. The number of ether oxygens (including phenoxy) is 1. The van der Waals surface area contributed by atoms with Crippen molar-refractivity contribution in [3.05, 3.63) is 58.4 Å². The zero-order valence-corrected chi connectivity index (χ0v) is 13.6. The van der Waals surface area contributed by atoms with E-state index < -0.39 is 12.1 Å². The summed E-state index contributed by atoms with van der Waals surface area (Å²) in [5, 5.41) is 0. The monoisotopic (exact) mass is 313 g/mol. The largest absolute Gasteiger partial charge is 0.450 e. The van der Waals surface area contributed by atoms with Crippen molar-refractivity contribution in [3.8, 4) is 0 Å². The topological polar surface area (TPSA) is 76.2 Å². The second-order valence-corrected chi connectivity index (χ2v) is 5.46. The summed E-state index contributed by atoms with van der Waals surface area (Å²) in [5.74, 6) is -1.04. The predicted octanol–water partition coefficient (Wildman–Crippen LogP) is 3.26. The minimum absolute atomic E-state index is 0.122. The molecule has 1 heterocycles. The molecule has 0 aliphatic rings. The highest BCUT2D eigenvalue weighted by molar-refractivity contribution is 6.03. The van der Waals surface area contributed by atoms with Gasteiger partial charge in [-0.05, 0) is 33.3 Å². The van der Waals surface area contributed by atoms with Crippen LogP contribution in [0.5, 0.6) is 0 Å². The number of hydrogen-bond acceptors (Lipinski definition) is 4. The Morgan fingerprint density at radius 1 is 1.09 bits per heavy atom. The molecule has 0 saturated carbocycles. The molecule has 0 radical (unpaired) electrons.